The standard InChI is InChI=1S/C26H40N2O8/c1-4-5-13-28-14-20(29)25(33)24(32)19(28)16-35-22(31)12-11-21(30)27-23(17(2)3)26(34)36-15-18-9-7-6-8-10-18/h6-10,17,19-20,23-25,29,32-33H,4-5,11-16H2,1-3H3,(H,27,30). The van der Waals surface area contributed by atoms with Crippen molar-refractivity contribution in [1.82, 2.24) is 10.2 Å². The molecule has 0 saturated carbocycles. The third kappa shape index (κ3) is 9.16. The number of nitrogens with one attached hydrogen (secondary N) is 1. The first-order valence-electron chi connectivity index (χ1n) is 12.6. The quantitative estimate of drug-likeness (QED) is 0.284. The van der Waals surface area contributed by atoms with Crippen LogP contribution in [0.2, 0.25) is 0 Å². The van der Waals surface area contributed by atoms with E-state index < -0.39 is 48.2 Å². The number of ether oxygens (including phenoxy) is 2. The summed E-state index contributed by atoms with van der Waals surface area (Å²) in [7, 11) is 0. The van der Waals surface area contributed by atoms with Gasteiger partial charge in [0.25, 0.3) is 0 Å². The summed E-state index contributed by atoms with van der Waals surface area (Å²) in [5, 5.41) is 33.0. The van der Waals surface area contributed by atoms with Crippen LogP contribution in [0.1, 0.15) is 52.0 Å². The topological polar surface area (TPSA) is 146 Å². The summed E-state index contributed by atoms with van der Waals surface area (Å²) < 4.78 is 10.6. The monoisotopic (exact) mass is 508 g/mol. The maximum Gasteiger partial charge on any atom is 0.329 e. The van der Waals surface area contributed by atoms with E-state index in [4.69, 9.17) is 9.47 Å². The zero-order valence-electron chi connectivity index (χ0n) is 21.3. The molecule has 2 rings (SSSR count). The molecule has 1 fully saturated rings. The van der Waals surface area contributed by atoms with Crippen LogP contribution in [0.3, 0.4) is 0 Å². The number of piperidine rings is 1. The molecule has 4 N–H and O–H groups in total. The summed E-state index contributed by atoms with van der Waals surface area (Å²) >= 11 is 0. The zero-order chi connectivity index (χ0) is 26.7. The number of aliphatic hydroxyl groups is 3. The van der Waals surface area contributed by atoms with Gasteiger partial charge in [0, 0.05) is 13.0 Å². The van der Waals surface area contributed by atoms with Gasteiger partial charge < -0.3 is 30.1 Å². The highest BCUT2D eigenvalue weighted by molar-refractivity contribution is 5.86. The fourth-order valence-electron chi connectivity index (χ4n) is 4.01. The molecule has 36 heavy (non-hydrogen) atoms. The fourth-order valence-corrected chi connectivity index (χ4v) is 4.01. The normalized spacial score (nSPS) is 23.2. The maximum atomic E-state index is 12.5. The average Bonchev–Trinajstić information content (AvgIpc) is 2.86. The molecule has 1 aromatic carbocycles. The minimum absolute atomic E-state index is 0.0963. The molecule has 10 heteroatoms. The lowest BCUT2D eigenvalue weighted by Gasteiger charge is -2.43. The van der Waals surface area contributed by atoms with E-state index in [1.54, 1.807) is 18.7 Å². The minimum Gasteiger partial charge on any atom is -0.464 e. The van der Waals surface area contributed by atoms with E-state index >= 15 is 0 Å². The van der Waals surface area contributed by atoms with Crippen LogP contribution in [0.4, 0.5) is 0 Å². The highest BCUT2D eigenvalue weighted by atomic mass is 16.5. The highest BCUT2D eigenvalue weighted by Gasteiger charge is 2.41. The summed E-state index contributed by atoms with van der Waals surface area (Å²) in [6.45, 7) is 6.26. The summed E-state index contributed by atoms with van der Waals surface area (Å²) in [4.78, 5) is 39.0. The average molecular weight is 509 g/mol. The van der Waals surface area contributed by atoms with Gasteiger partial charge >= 0.3 is 11.9 Å². The maximum absolute atomic E-state index is 12.5. The molecule has 0 aliphatic carbocycles. The lowest BCUT2D eigenvalue weighted by atomic mass is 9.94. The lowest BCUT2D eigenvalue weighted by molar-refractivity contribution is -0.163. The van der Waals surface area contributed by atoms with Crippen LogP contribution in [0.15, 0.2) is 30.3 Å². The van der Waals surface area contributed by atoms with Crippen LogP contribution in [0, 0.1) is 5.92 Å². The second-order valence-electron chi connectivity index (χ2n) is 9.53. The Morgan fingerprint density at radius 2 is 1.75 bits per heavy atom. The number of carbonyl (C=O) groups excluding carboxylic acids is 3. The van der Waals surface area contributed by atoms with Crippen molar-refractivity contribution < 1.29 is 39.2 Å². The van der Waals surface area contributed by atoms with Crippen molar-refractivity contribution in [2.45, 2.75) is 83.5 Å². The summed E-state index contributed by atoms with van der Waals surface area (Å²) in [5.41, 5.74) is 0.834. The smallest absolute Gasteiger partial charge is 0.329 e. The Hall–Kier alpha value is -2.53. The van der Waals surface area contributed by atoms with Crippen LogP contribution in [0.5, 0.6) is 0 Å². The Morgan fingerprint density at radius 1 is 1.06 bits per heavy atom. The molecule has 0 aromatic heterocycles. The number of unbranched alkanes of at least 4 members (excludes halogenated alkanes) is 1. The molecular formula is C26H40N2O8. The highest BCUT2D eigenvalue weighted by Crippen LogP contribution is 2.20. The molecular weight excluding hydrogens is 468 g/mol. The fraction of sp³-hybridized carbons (Fsp3) is 0.654. The van der Waals surface area contributed by atoms with E-state index in [1.165, 1.54) is 0 Å². The van der Waals surface area contributed by atoms with E-state index in [-0.39, 0.29) is 38.5 Å². The van der Waals surface area contributed by atoms with Crippen molar-refractivity contribution in [1.29, 1.82) is 0 Å². The van der Waals surface area contributed by atoms with Crippen molar-refractivity contribution >= 4 is 17.8 Å². The summed E-state index contributed by atoms with van der Waals surface area (Å²) in [5.74, 6) is -1.89. The number of nitrogens with zero attached hydrogens (tertiary/aromatic N) is 1. The van der Waals surface area contributed by atoms with E-state index in [1.807, 2.05) is 37.3 Å². The third-order valence-electron chi connectivity index (χ3n) is 6.26. The summed E-state index contributed by atoms with van der Waals surface area (Å²) in [6, 6.07) is 7.70. The number of likely N-dealkylation sites (tertiary alicyclic amines) is 1. The Kier molecular flexibility index (Phi) is 12.3. The molecule has 1 aromatic rings. The van der Waals surface area contributed by atoms with Crippen LogP contribution in [0.25, 0.3) is 0 Å². The Bertz CT molecular complexity index is 834. The van der Waals surface area contributed by atoms with Crippen molar-refractivity contribution in [2.75, 3.05) is 19.7 Å². The molecule has 1 heterocycles. The van der Waals surface area contributed by atoms with Crippen molar-refractivity contribution in [3.8, 4) is 0 Å². The largest absolute Gasteiger partial charge is 0.464 e. The molecule has 202 valence electrons. The minimum atomic E-state index is -1.33. The molecule has 1 amide bonds. The number of hydrogen-bond acceptors (Lipinski definition) is 9. The zero-order valence-corrected chi connectivity index (χ0v) is 21.3. The van der Waals surface area contributed by atoms with Gasteiger partial charge in [-0.2, -0.15) is 0 Å². The number of carbonyl (C=O) groups is 3. The van der Waals surface area contributed by atoms with E-state index in [9.17, 15) is 29.7 Å². The first-order valence-corrected chi connectivity index (χ1v) is 12.6. The second-order valence-corrected chi connectivity index (χ2v) is 9.53. The number of aliphatic hydroxyl groups excluding tert-OH is 3. The molecule has 5 unspecified atom stereocenters. The molecule has 0 spiro atoms. The second kappa shape index (κ2) is 14.9. The van der Waals surface area contributed by atoms with Gasteiger partial charge in [0.15, 0.2) is 0 Å². The number of amides is 1. The first kappa shape index (κ1) is 29.7. The Morgan fingerprint density at radius 3 is 2.39 bits per heavy atom. The lowest BCUT2D eigenvalue weighted by Crippen LogP contribution is -2.62. The van der Waals surface area contributed by atoms with Gasteiger partial charge in [-0.25, -0.2) is 4.79 Å². The van der Waals surface area contributed by atoms with Gasteiger partial charge in [0.2, 0.25) is 5.91 Å². The van der Waals surface area contributed by atoms with Crippen molar-refractivity contribution in [3.63, 3.8) is 0 Å². The van der Waals surface area contributed by atoms with E-state index in [0.29, 0.717) is 6.54 Å². The van der Waals surface area contributed by atoms with Crippen LogP contribution >= 0.6 is 0 Å². The molecule has 0 radical (unpaired) electrons. The molecule has 1 saturated heterocycles. The van der Waals surface area contributed by atoms with Gasteiger partial charge in [-0.1, -0.05) is 57.5 Å². The van der Waals surface area contributed by atoms with Gasteiger partial charge in [-0.05, 0) is 24.4 Å². The molecule has 5 atom stereocenters. The van der Waals surface area contributed by atoms with Crippen molar-refractivity contribution in [2.24, 2.45) is 5.92 Å². The van der Waals surface area contributed by atoms with Gasteiger partial charge in [0.1, 0.15) is 31.5 Å². The van der Waals surface area contributed by atoms with Crippen LogP contribution < -0.4 is 5.32 Å². The molecule has 1 aliphatic heterocycles. The van der Waals surface area contributed by atoms with Crippen LogP contribution in [-0.4, -0.2) is 88.2 Å². The Labute approximate surface area is 212 Å². The van der Waals surface area contributed by atoms with E-state index in [0.717, 1.165) is 18.4 Å². The number of rotatable bonds is 13. The van der Waals surface area contributed by atoms with Gasteiger partial charge in [0.05, 0.1) is 18.6 Å². The molecule has 0 bridgehead atoms. The van der Waals surface area contributed by atoms with Crippen molar-refractivity contribution in [3.05, 3.63) is 35.9 Å². The van der Waals surface area contributed by atoms with E-state index in [2.05, 4.69) is 5.32 Å². The SMILES string of the molecule is CCCCN1CC(O)C(O)C(O)C1COC(=O)CCC(=O)NC(C(=O)OCc1ccccc1)C(C)C. The number of hydrogen-bond donors (Lipinski definition) is 4. The van der Waals surface area contributed by atoms with Gasteiger partial charge in [-0.15, -0.1) is 0 Å². The number of benzene rings is 1. The summed E-state index contributed by atoms with van der Waals surface area (Å²) in [6.07, 6.45) is -2.33. The van der Waals surface area contributed by atoms with Crippen LogP contribution in [-0.2, 0) is 30.5 Å². The predicted molar refractivity (Wildman–Crippen MR) is 131 cm³/mol. The number of esters is 2. The molecule has 10 nitrogen and oxygen atoms in total. The van der Waals surface area contributed by atoms with Gasteiger partial charge in [-0.3, -0.25) is 14.5 Å². The predicted octanol–water partition coefficient (Wildman–Crippen LogP) is 0.761. The Balaban J connectivity index is 1.80. The third-order valence-corrected chi connectivity index (χ3v) is 6.26. The first-order chi connectivity index (χ1) is 17.1. The number of β-amino-alcohol motifs (C(OH)–C–C–N with tert-alkyl or cyclic N) is 1. The molecule has 1 aliphatic rings.